The Labute approximate surface area is 157 Å². The van der Waals surface area contributed by atoms with Crippen LogP contribution in [0.1, 0.15) is 28.8 Å². The van der Waals surface area contributed by atoms with E-state index in [1.54, 1.807) is 11.2 Å². The molecule has 3 heterocycles. The second-order valence-corrected chi connectivity index (χ2v) is 6.67. The molecular weight excluding hydrogens is 380 g/mol. The molecule has 148 valence electrons. The first kappa shape index (κ1) is 18.5. The van der Waals surface area contributed by atoms with Crippen molar-refractivity contribution >= 4 is 18.1 Å². The average Bonchev–Trinajstić information content (AvgIpc) is 3.10. The number of alkyl halides is 3. The summed E-state index contributed by atoms with van der Waals surface area (Å²) in [6.45, 7) is 0.992. The van der Waals surface area contributed by atoms with E-state index in [4.69, 9.17) is 0 Å². The van der Waals surface area contributed by atoms with Gasteiger partial charge in [0.25, 0.3) is 5.91 Å². The molecule has 7 nitrogen and oxygen atoms in total. The van der Waals surface area contributed by atoms with Crippen molar-refractivity contribution in [2.24, 2.45) is 20.3 Å². The SMILES string of the molecule is O=C(c1cccc(C(F)(F)F)c1F)N1CCC2C(C1)N=NN2C1=NCCC=N1. The zero-order valence-corrected chi connectivity index (χ0v) is 14.6. The fourth-order valence-electron chi connectivity index (χ4n) is 3.51. The van der Waals surface area contributed by atoms with Gasteiger partial charge >= 0.3 is 6.18 Å². The first-order chi connectivity index (χ1) is 13.4. The number of fused-ring (bicyclic) bond motifs is 1. The van der Waals surface area contributed by atoms with Gasteiger partial charge in [-0.3, -0.25) is 4.79 Å². The zero-order chi connectivity index (χ0) is 19.9. The van der Waals surface area contributed by atoms with Crippen molar-refractivity contribution in [3.8, 4) is 0 Å². The number of carbonyl (C=O) groups excluding carboxylic acids is 1. The normalized spacial score (nSPS) is 24.4. The number of aliphatic imine (C=N–C) groups is 2. The molecule has 0 radical (unpaired) electrons. The van der Waals surface area contributed by atoms with Crippen LogP contribution in [-0.2, 0) is 6.18 Å². The van der Waals surface area contributed by atoms with Gasteiger partial charge in [0, 0.05) is 32.3 Å². The molecule has 1 saturated heterocycles. The molecule has 0 N–H and O–H groups in total. The second kappa shape index (κ2) is 6.95. The summed E-state index contributed by atoms with van der Waals surface area (Å²) in [5.41, 5.74) is -2.05. The summed E-state index contributed by atoms with van der Waals surface area (Å²) in [6.07, 6.45) is -1.89. The zero-order valence-electron chi connectivity index (χ0n) is 14.6. The maximum atomic E-state index is 14.3. The van der Waals surface area contributed by atoms with Gasteiger partial charge in [0.15, 0.2) is 0 Å². The minimum atomic E-state index is -4.87. The van der Waals surface area contributed by atoms with E-state index in [2.05, 4.69) is 20.3 Å². The van der Waals surface area contributed by atoms with Gasteiger partial charge in [0.05, 0.1) is 17.2 Å². The molecule has 4 rings (SSSR count). The highest BCUT2D eigenvalue weighted by Gasteiger charge is 2.42. The summed E-state index contributed by atoms with van der Waals surface area (Å²) in [5.74, 6) is -1.88. The molecule has 11 heteroatoms. The van der Waals surface area contributed by atoms with E-state index in [0.717, 1.165) is 18.6 Å². The van der Waals surface area contributed by atoms with E-state index in [1.165, 1.54) is 4.90 Å². The molecule has 1 aromatic carbocycles. The number of halogens is 4. The van der Waals surface area contributed by atoms with Gasteiger partial charge in [-0.05, 0) is 18.6 Å². The van der Waals surface area contributed by atoms with E-state index < -0.39 is 29.0 Å². The van der Waals surface area contributed by atoms with Crippen LogP contribution in [-0.4, -0.2) is 59.7 Å². The van der Waals surface area contributed by atoms with Gasteiger partial charge in [-0.2, -0.15) is 18.3 Å². The van der Waals surface area contributed by atoms with Crippen molar-refractivity contribution in [2.45, 2.75) is 31.1 Å². The van der Waals surface area contributed by atoms with Crippen LogP contribution in [0, 0.1) is 5.82 Å². The fraction of sp³-hybridized carbons (Fsp3) is 0.471. The molecule has 0 bridgehead atoms. The minimum Gasteiger partial charge on any atom is -0.336 e. The number of guanidine groups is 1. The van der Waals surface area contributed by atoms with Crippen LogP contribution in [0.3, 0.4) is 0 Å². The highest BCUT2D eigenvalue weighted by Crippen LogP contribution is 2.33. The van der Waals surface area contributed by atoms with E-state index >= 15 is 0 Å². The molecule has 0 spiro atoms. The van der Waals surface area contributed by atoms with Crippen molar-refractivity contribution in [2.75, 3.05) is 19.6 Å². The number of piperidine rings is 1. The van der Waals surface area contributed by atoms with Crippen LogP contribution in [0.25, 0.3) is 0 Å². The Morgan fingerprint density at radius 3 is 2.79 bits per heavy atom. The Kier molecular flexibility index (Phi) is 4.60. The maximum Gasteiger partial charge on any atom is 0.419 e. The number of rotatable bonds is 1. The summed E-state index contributed by atoms with van der Waals surface area (Å²) in [6, 6.07) is 2.21. The predicted octanol–water partition coefficient (Wildman–Crippen LogP) is 2.94. The van der Waals surface area contributed by atoms with Gasteiger partial charge in [-0.25, -0.2) is 19.4 Å². The van der Waals surface area contributed by atoms with Crippen LogP contribution in [0.2, 0.25) is 0 Å². The third-order valence-electron chi connectivity index (χ3n) is 4.90. The van der Waals surface area contributed by atoms with Gasteiger partial charge in [-0.1, -0.05) is 11.3 Å². The molecule has 1 fully saturated rings. The Morgan fingerprint density at radius 2 is 2.07 bits per heavy atom. The van der Waals surface area contributed by atoms with Gasteiger partial charge in [0.1, 0.15) is 11.9 Å². The second-order valence-electron chi connectivity index (χ2n) is 6.67. The Morgan fingerprint density at radius 1 is 1.25 bits per heavy atom. The lowest BCUT2D eigenvalue weighted by Gasteiger charge is -2.35. The topological polar surface area (TPSA) is 73.0 Å². The van der Waals surface area contributed by atoms with Crippen molar-refractivity contribution in [1.82, 2.24) is 9.91 Å². The van der Waals surface area contributed by atoms with Crippen LogP contribution < -0.4 is 0 Å². The van der Waals surface area contributed by atoms with E-state index in [9.17, 15) is 22.4 Å². The van der Waals surface area contributed by atoms with E-state index in [1.807, 2.05) is 0 Å². The molecule has 1 amide bonds. The molecule has 2 unspecified atom stereocenters. The lowest BCUT2D eigenvalue weighted by molar-refractivity contribution is -0.140. The van der Waals surface area contributed by atoms with Crippen molar-refractivity contribution in [3.63, 3.8) is 0 Å². The number of carbonyl (C=O) groups is 1. The Hall–Kier alpha value is -2.85. The quantitative estimate of drug-likeness (QED) is 0.685. The molecule has 0 aromatic heterocycles. The van der Waals surface area contributed by atoms with Crippen LogP contribution in [0.15, 0.2) is 38.5 Å². The summed E-state index contributed by atoms with van der Waals surface area (Å²) in [4.78, 5) is 22.5. The molecule has 2 atom stereocenters. The first-order valence-corrected chi connectivity index (χ1v) is 8.78. The number of amides is 1. The number of hydrogen-bond donors (Lipinski definition) is 0. The van der Waals surface area contributed by atoms with Crippen LogP contribution in [0.4, 0.5) is 17.6 Å². The van der Waals surface area contributed by atoms with E-state index in [-0.39, 0.29) is 25.2 Å². The average molecular weight is 396 g/mol. The monoisotopic (exact) mass is 396 g/mol. The van der Waals surface area contributed by atoms with Crippen molar-refractivity contribution < 1.29 is 22.4 Å². The summed E-state index contributed by atoms with van der Waals surface area (Å²) in [7, 11) is 0. The van der Waals surface area contributed by atoms with Crippen LogP contribution >= 0.6 is 0 Å². The largest absolute Gasteiger partial charge is 0.419 e. The van der Waals surface area contributed by atoms with E-state index in [0.29, 0.717) is 25.0 Å². The highest BCUT2D eigenvalue weighted by molar-refractivity contribution is 5.95. The minimum absolute atomic E-state index is 0.135. The third kappa shape index (κ3) is 3.25. The van der Waals surface area contributed by atoms with Crippen molar-refractivity contribution in [3.05, 3.63) is 35.1 Å². The Bertz CT molecular complexity index is 881. The maximum absolute atomic E-state index is 14.3. The number of benzene rings is 1. The lowest BCUT2D eigenvalue weighted by Crippen LogP contribution is -2.52. The molecule has 0 saturated carbocycles. The lowest BCUT2D eigenvalue weighted by atomic mass is 9.98. The summed E-state index contributed by atoms with van der Waals surface area (Å²) in [5, 5.41) is 9.85. The molecule has 1 aromatic rings. The molecule has 28 heavy (non-hydrogen) atoms. The first-order valence-electron chi connectivity index (χ1n) is 8.78. The molecule has 3 aliphatic rings. The molecular formula is C17H16F4N6O. The number of likely N-dealkylation sites (tertiary alicyclic amines) is 1. The smallest absolute Gasteiger partial charge is 0.336 e. The highest BCUT2D eigenvalue weighted by atomic mass is 19.4. The van der Waals surface area contributed by atoms with Crippen LogP contribution in [0.5, 0.6) is 0 Å². The van der Waals surface area contributed by atoms with Gasteiger partial charge in [0.2, 0.25) is 5.96 Å². The van der Waals surface area contributed by atoms with Crippen molar-refractivity contribution in [1.29, 1.82) is 0 Å². The number of nitrogens with zero attached hydrogens (tertiary/aromatic N) is 6. The third-order valence-corrected chi connectivity index (χ3v) is 4.90. The summed E-state index contributed by atoms with van der Waals surface area (Å²) >= 11 is 0. The standard InChI is InChI=1S/C17H16F4N6O/c18-14-10(3-1-4-11(14)17(19,20)21)15(28)26-8-5-13-12(9-26)24-25-27(13)16-22-6-2-7-23-16/h1,3-4,6,12-13H,2,5,7-9H2. The number of hydrogen-bond acceptors (Lipinski definition) is 6. The fourth-order valence-corrected chi connectivity index (χ4v) is 3.51. The van der Waals surface area contributed by atoms with Gasteiger partial charge < -0.3 is 4.90 Å². The Balaban J connectivity index is 1.50. The molecule has 0 aliphatic carbocycles. The molecule has 3 aliphatic heterocycles. The summed E-state index contributed by atoms with van der Waals surface area (Å²) < 4.78 is 53.0. The van der Waals surface area contributed by atoms with Gasteiger partial charge in [-0.15, -0.1) is 0 Å². The predicted molar refractivity (Wildman–Crippen MR) is 91.6 cm³/mol.